The number of fused-ring (bicyclic) bond motifs is 2. The van der Waals surface area contributed by atoms with Crippen LogP contribution in [-0.2, 0) is 14.3 Å². The molecule has 2 heterocycles. The van der Waals surface area contributed by atoms with Gasteiger partial charge in [0.15, 0.2) is 0 Å². The van der Waals surface area contributed by atoms with Gasteiger partial charge in [0.25, 0.3) is 0 Å². The second-order valence-corrected chi connectivity index (χ2v) is 9.20. The van der Waals surface area contributed by atoms with Crippen molar-refractivity contribution < 1.29 is 38.9 Å². The van der Waals surface area contributed by atoms with E-state index < -0.39 is 29.9 Å². The van der Waals surface area contributed by atoms with E-state index in [0.717, 1.165) is 0 Å². The molecule has 0 saturated carbocycles. The van der Waals surface area contributed by atoms with Crippen LogP contribution in [0.25, 0.3) is 6.08 Å². The predicted molar refractivity (Wildman–Crippen MR) is 130 cm³/mol. The first-order valence-electron chi connectivity index (χ1n) is 12.1. The number of esters is 2. The largest absolute Gasteiger partial charge is 0.507 e. The van der Waals surface area contributed by atoms with Crippen molar-refractivity contribution in [2.75, 3.05) is 0 Å². The van der Waals surface area contributed by atoms with Crippen LogP contribution in [0.1, 0.15) is 95.2 Å². The fourth-order valence-electron chi connectivity index (χ4n) is 4.66. The van der Waals surface area contributed by atoms with E-state index in [2.05, 4.69) is 0 Å². The summed E-state index contributed by atoms with van der Waals surface area (Å²) < 4.78 is 11.1. The molecule has 8 heteroatoms. The summed E-state index contributed by atoms with van der Waals surface area (Å²) in [6.07, 6.45) is 6.25. The zero-order valence-corrected chi connectivity index (χ0v) is 20.0. The molecule has 188 valence electrons. The maximum absolute atomic E-state index is 13.2. The van der Waals surface area contributed by atoms with Crippen LogP contribution in [0.15, 0.2) is 36.4 Å². The van der Waals surface area contributed by atoms with Crippen LogP contribution in [0.2, 0.25) is 0 Å². The van der Waals surface area contributed by atoms with Gasteiger partial charge >= 0.3 is 17.9 Å². The molecule has 36 heavy (non-hydrogen) atoms. The van der Waals surface area contributed by atoms with Gasteiger partial charge in [0.05, 0.1) is 18.1 Å². The molecule has 2 aliphatic heterocycles. The van der Waals surface area contributed by atoms with Crippen molar-refractivity contribution in [1.29, 1.82) is 0 Å². The van der Waals surface area contributed by atoms with Crippen molar-refractivity contribution in [2.24, 2.45) is 0 Å². The first-order chi connectivity index (χ1) is 17.2. The number of ether oxygens (including phenoxy) is 2. The van der Waals surface area contributed by atoms with Gasteiger partial charge in [-0.25, -0.2) is 9.59 Å². The third kappa shape index (κ3) is 5.48. The second kappa shape index (κ2) is 10.8. The lowest BCUT2D eigenvalue weighted by atomic mass is 9.83. The first-order valence-corrected chi connectivity index (χ1v) is 12.1. The summed E-state index contributed by atoms with van der Waals surface area (Å²) in [4.78, 5) is 48.9. The van der Waals surface area contributed by atoms with Crippen molar-refractivity contribution in [1.82, 2.24) is 0 Å². The van der Waals surface area contributed by atoms with Gasteiger partial charge in [0.2, 0.25) is 0 Å². The molecule has 0 radical (unpaired) electrons. The second-order valence-electron chi connectivity index (χ2n) is 9.20. The lowest BCUT2D eigenvalue weighted by molar-refractivity contribution is -0.135. The minimum Gasteiger partial charge on any atom is -0.507 e. The van der Waals surface area contributed by atoms with Gasteiger partial charge < -0.3 is 19.7 Å². The Kier molecular flexibility index (Phi) is 7.52. The number of carbonyl (C=O) groups excluding carboxylic acids is 3. The lowest BCUT2D eigenvalue weighted by Gasteiger charge is -2.27. The minimum atomic E-state index is -1.08. The van der Waals surface area contributed by atoms with E-state index in [9.17, 15) is 29.4 Å². The Morgan fingerprint density at radius 2 is 1.78 bits per heavy atom. The highest BCUT2D eigenvalue weighted by Crippen LogP contribution is 2.47. The standard InChI is InChI=1S/C28H28O8/c1-16-6-5-9-20(29)8-4-2-3-7-19-14-22-25(26(31)24(19)28(34)35-16)21(15-23(30)36-22)17-10-12-18(13-11-17)27(32)33/h3,7,10-14,16,21,31H,2,4-6,8-9,15H2,1H3,(H,32,33)/t16-,21?/m0/s1. The lowest BCUT2D eigenvalue weighted by Crippen LogP contribution is -2.23. The number of ketones is 1. The summed E-state index contributed by atoms with van der Waals surface area (Å²) in [5, 5.41) is 20.6. The molecule has 0 bridgehead atoms. The number of carbonyl (C=O) groups is 4. The van der Waals surface area contributed by atoms with Gasteiger partial charge in [0, 0.05) is 24.3 Å². The van der Waals surface area contributed by atoms with Crippen molar-refractivity contribution in [3.63, 3.8) is 0 Å². The molecule has 2 aromatic carbocycles. The number of phenols is 1. The molecule has 0 spiro atoms. The maximum Gasteiger partial charge on any atom is 0.342 e. The van der Waals surface area contributed by atoms with Crippen molar-refractivity contribution in [2.45, 2.75) is 63.9 Å². The third-order valence-corrected chi connectivity index (χ3v) is 6.54. The summed E-state index contributed by atoms with van der Waals surface area (Å²) in [5.74, 6) is -2.94. The summed E-state index contributed by atoms with van der Waals surface area (Å²) >= 11 is 0. The predicted octanol–water partition coefficient (Wildman–Crippen LogP) is 5.01. The summed E-state index contributed by atoms with van der Waals surface area (Å²) in [6.45, 7) is 1.74. The number of aromatic carboxylic acids is 1. The number of carboxylic acid groups (broad SMARTS) is 1. The molecule has 1 unspecified atom stereocenters. The number of hydrogen-bond donors (Lipinski definition) is 2. The normalized spacial score (nSPS) is 21.0. The molecular weight excluding hydrogens is 464 g/mol. The topological polar surface area (TPSA) is 127 Å². The Morgan fingerprint density at radius 3 is 2.50 bits per heavy atom. The van der Waals surface area contributed by atoms with E-state index >= 15 is 0 Å². The molecule has 0 aliphatic carbocycles. The van der Waals surface area contributed by atoms with Crippen LogP contribution in [0.3, 0.4) is 0 Å². The quantitative estimate of drug-likeness (QED) is 0.442. The highest BCUT2D eigenvalue weighted by molar-refractivity contribution is 5.98. The van der Waals surface area contributed by atoms with Crippen molar-refractivity contribution >= 4 is 29.8 Å². The molecule has 8 nitrogen and oxygen atoms in total. The van der Waals surface area contributed by atoms with Crippen LogP contribution < -0.4 is 4.74 Å². The third-order valence-electron chi connectivity index (χ3n) is 6.54. The van der Waals surface area contributed by atoms with Crippen LogP contribution in [0.4, 0.5) is 0 Å². The molecule has 0 aromatic heterocycles. The molecule has 0 amide bonds. The monoisotopic (exact) mass is 492 g/mol. The summed E-state index contributed by atoms with van der Waals surface area (Å²) in [5.41, 5.74) is 1.31. The maximum atomic E-state index is 13.2. The number of benzene rings is 2. The van der Waals surface area contributed by atoms with E-state index in [1.807, 2.05) is 6.08 Å². The minimum absolute atomic E-state index is 0.0184. The zero-order chi connectivity index (χ0) is 25.8. The van der Waals surface area contributed by atoms with Gasteiger partial charge in [0.1, 0.15) is 22.8 Å². The van der Waals surface area contributed by atoms with E-state index in [1.54, 1.807) is 31.2 Å². The number of phenolic OH excluding ortho intramolecular Hbond substituents is 1. The first kappa shape index (κ1) is 25.2. The molecule has 2 atom stereocenters. The van der Waals surface area contributed by atoms with Crippen molar-refractivity contribution in [3.05, 3.63) is 64.2 Å². The number of rotatable bonds is 2. The van der Waals surface area contributed by atoms with Crippen LogP contribution in [0, 0.1) is 0 Å². The number of hydrogen-bond acceptors (Lipinski definition) is 7. The molecular formula is C28H28O8. The average molecular weight is 493 g/mol. The fourth-order valence-corrected chi connectivity index (χ4v) is 4.66. The summed E-state index contributed by atoms with van der Waals surface area (Å²) in [6, 6.07) is 7.57. The van der Waals surface area contributed by atoms with Crippen LogP contribution >= 0.6 is 0 Å². The molecule has 0 fully saturated rings. The SMILES string of the molecule is C[C@H]1CCCC(=O)CCCC=Cc2cc3c(c(O)c2C(=O)O1)C(c1ccc(C(=O)O)cc1)CC(=O)O3. The Morgan fingerprint density at radius 1 is 1.06 bits per heavy atom. The number of Topliss-reactive ketones (excluding diaryl/α,β-unsaturated/α-hetero) is 1. The number of carboxylic acids is 1. The molecule has 2 N–H and O–H groups in total. The Balaban J connectivity index is 1.80. The number of allylic oxidation sites excluding steroid dienone is 1. The average Bonchev–Trinajstić information content (AvgIpc) is 2.82. The highest BCUT2D eigenvalue weighted by atomic mass is 16.5. The van der Waals surface area contributed by atoms with E-state index in [-0.39, 0.29) is 40.4 Å². The fraction of sp³-hybridized carbons (Fsp3) is 0.357. The molecule has 2 aliphatic rings. The zero-order valence-electron chi connectivity index (χ0n) is 20.0. The van der Waals surface area contributed by atoms with Crippen molar-refractivity contribution in [3.8, 4) is 11.5 Å². The Bertz CT molecular complexity index is 1230. The molecule has 0 saturated heterocycles. The molecule has 2 aromatic rings. The van der Waals surface area contributed by atoms with Gasteiger partial charge in [-0.15, -0.1) is 0 Å². The van der Waals surface area contributed by atoms with E-state index in [1.165, 1.54) is 12.1 Å². The Hall–Kier alpha value is -3.94. The van der Waals surface area contributed by atoms with E-state index in [4.69, 9.17) is 9.47 Å². The van der Waals surface area contributed by atoms with Crippen LogP contribution in [-0.4, -0.2) is 40.0 Å². The van der Waals surface area contributed by atoms with Gasteiger partial charge in [-0.3, -0.25) is 9.59 Å². The van der Waals surface area contributed by atoms with E-state index in [0.29, 0.717) is 49.7 Å². The van der Waals surface area contributed by atoms with Gasteiger partial charge in [-0.1, -0.05) is 24.3 Å². The summed E-state index contributed by atoms with van der Waals surface area (Å²) in [7, 11) is 0. The van der Waals surface area contributed by atoms with Gasteiger partial charge in [-0.2, -0.15) is 0 Å². The molecule has 4 rings (SSSR count). The van der Waals surface area contributed by atoms with Gasteiger partial charge in [-0.05, 0) is 61.9 Å². The Labute approximate surface area is 208 Å². The number of cyclic esters (lactones) is 1. The van der Waals surface area contributed by atoms with Crippen LogP contribution in [0.5, 0.6) is 11.5 Å². The smallest absolute Gasteiger partial charge is 0.342 e. The number of aromatic hydroxyl groups is 1. The highest BCUT2D eigenvalue weighted by Gasteiger charge is 2.35.